The Kier molecular flexibility index (Phi) is 4.58. The van der Waals surface area contributed by atoms with Crippen LogP contribution in [0.2, 0.25) is 0 Å². The van der Waals surface area contributed by atoms with E-state index in [2.05, 4.69) is 18.3 Å². The Labute approximate surface area is 103 Å². The van der Waals surface area contributed by atoms with E-state index in [9.17, 15) is 0 Å². The maximum atomic E-state index is 4.24. The molecule has 0 saturated carbocycles. The molecule has 0 bridgehead atoms. The SMILES string of the molecule is C=C1CSCC[N+]12CCCCC2.[I-]. The Morgan fingerprint density at radius 1 is 1.08 bits per heavy atom. The van der Waals surface area contributed by atoms with Gasteiger partial charge in [-0.2, -0.15) is 0 Å². The molecule has 0 unspecified atom stereocenters. The molecule has 13 heavy (non-hydrogen) atoms. The van der Waals surface area contributed by atoms with Crippen molar-refractivity contribution in [1.82, 2.24) is 0 Å². The summed E-state index contributed by atoms with van der Waals surface area (Å²) in [6, 6.07) is 0. The lowest BCUT2D eigenvalue weighted by atomic mass is 10.1. The number of nitrogens with zero attached hydrogens (tertiary/aromatic N) is 1. The molecule has 0 aromatic heterocycles. The fourth-order valence-electron chi connectivity index (χ4n) is 2.38. The van der Waals surface area contributed by atoms with Crippen molar-refractivity contribution in [1.29, 1.82) is 0 Å². The summed E-state index contributed by atoms with van der Waals surface area (Å²) in [6.45, 7) is 8.34. The van der Waals surface area contributed by atoms with E-state index in [1.165, 1.54) is 60.6 Å². The second-order valence-corrected chi connectivity index (χ2v) is 5.10. The predicted molar refractivity (Wildman–Crippen MR) is 55.2 cm³/mol. The number of hydrogen-bond acceptors (Lipinski definition) is 1. The van der Waals surface area contributed by atoms with Crippen LogP contribution in [-0.4, -0.2) is 35.6 Å². The second kappa shape index (κ2) is 5.03. The molecule has 0 atom stereocenters. The van der Waals surface area contributed by atoms with Gasteiger partial charge in [0.2, 0.25) is 0 Å². The summed E-state index contributed by atoms with van der Waals surface area (Å²) in [5, 5.41) is 0. The highest BCUT2D eigenvalue weighted by Crippen LogP contribution is 2.30. The molecule has 2 aliphatic heterocycles. The van der Waals surface area contributed by atoms with Gasteiger partial charge in [-0.05, 0) is 25.8 Å². The fraction of sp³-hybridized carbons (Fsp3) is 0.800. The lowest BCUT2D eigenvalue weighted by Gasteiger charge is -2.44. The van der Waals surface area contributed by atoms with E-state index in [4.69, 9.17) is 0 Å². The van der Waals surface area contributed by atoms with Crippen molar-refractivity contribution in [2.45, 2.75) is 19.3 Å². The lowest BCUT2D eigenvalue weighted by molar-refractivity contribution is -0.894. The Morgan fingerprint density at radius 3 is 2.38 bits per heavy atom. The Hall–Kier alpha value is 0.780. The van der Waals surface area contributed by atoms with Crippen LogP contribution in [0.4, 0.5) is 0 Å². The van der Waals surface area contributed by atoms with Gasteiger partial charge in [-0.3, -0.25) is 4.48 Å². The summed E-state index contributed by atoms with van der Waals surface area (Å²) in [4.78, 5) is 0. The molecule has 2 aliphatic rings. The molecule has 0 radical (unpaired) electrons. The topological polar surface area (TPSA) is 0 Å². The molecular weight excluding hydrogens is 293 g/mol. The van der Waals surface area contributed by atoms with Gasteiger partial charge in [-0.15, -0.1) is 11.8 Å². The van der Waals surface area contributed by atoms with Crippen molar-refractivity contribution >= 4 is 11.8 Å². The minimum atomic E-state index is 0. The first-order valence-corrected chi connectivity index (χ1v) is 6.11. The van der Waals surface area contributed by atoms with Crippen LogP contribution in [-0.2, 0) is 0 Å². The van der Waals surface area contributed by atoms with E-state index in [1.54, 1.807) is 0 Å². The minimum absolute atomic E-state index is 0. The lowest BCUT2D eigenvalue weighted by Crippen LogP contribution is -3.00. The summed E-state index contributed by atoms with van der Waals surface area (Å²) < 4.78 is 1.27. The van der Waals surface area contributed by atoms with Crippen LogP contribution in [0.1, 0.15) is 19.3 Å². The zero-order valence-corrected chi connectivity index (χ0v) is 11.1. The number of piperidine rings is 1. The van der Waals surface area contributed by atoms with Gasteiger partial charge in [0.25, 0.3) is 0 Å². The Balaban J connectivity index is 0.000000845. The molecule has 0 aliphatic carbocycles. The van der Waals surface area contributed by atoms with Crippen LogP contribution in [0.15, 0.2) is 12.3 Å². The Bertz CT molecular complexity index is 179. The molecule has 0 aromatic carbocycles. The third-order valence-corrected chi connectivity index (χ3v) is 4.28. The molecule has 0 aromatic rings. The van der Waals surface area contributed by atoms with Gasteiger partial charge in [0, 0.05) is 5.75 Å². The molecule has 2 rings (SSSR count). The zero-order valence-electron chi connectivity index (χ0n) is 8.10. The Morgan fingerprint density at radius 2 is 1.77 bits per heavy atom. The number of hydrogen-bond donors (Lipinski definition) is 0. The van der Waals surface area contributed by atoms with E-state index in [0.29, 0.717) is 0 Å². The number of quaternary nitrogens is 1. The van der Waals surface area contributed by atoms with E-state index < -0.39 is 0 Å². The molecule has 2 heterocycles. The summed E-state index contributed by atoms with van der Waals surface area (Å²) >= 11 is 2.06. The van der Waals surface area contributed by atoms with Crippen molar-refractivity contribution < 1.29 is 28.5 Å². The van der Waals surface area contributed by atoms with E-state index in [0.717, 1.165) is 0 Å². The summed E-state index contributed by atoms with van der Waals surface area (Å²) in [5.74, 6) is 2.55. The van der Waals surface area contributed by atoms with Crippen LogP contribution in [0, 0.1) is 0 Å². The molecular formula is C10H18INS. The highest BCUT2D eigenvalue weighted by atomic mass is 127. The van der Waals surface area contributed by atoms with Crippen molar-refractivity contribution in [3.8, 4) is 0 Å². The highest BCUT2D eigenvalue weighted by molar-refractivity contribution is 7.99. The van der Waals surface area contributed by atoms with Gasteiger partial charge in [-0.1, -0.05) is 0 Å². The monoisotopic (exact) mass is 311 g/mol. The van der Waals surface area contributed by atoms with Gasteiger partial charge in [0.1, 0.15) is 5.70 Å². The zero-order chi connectivity index (χ0) is 8.44. The van der Waals surface area contributed by atoms with Gasteiger partial charge in [0.05, 0.1) is 25.4 Å². The first-order valence-electron chi connectivity index (χ1n) is 4.96. The average molecular weight is 311 g/mol. The van der Waals surface area contributed by atoms with Crippen molar-refractivity contribution in [3.05, 3.63) is 12.3 Å². The van der Waals surface area contributed by atoms with Crippen molar-refractivity contribution in [2.75, 3.05) is 31.1 Å². The molecule has 1 nitrogen and oxygen atoms in total. The predicted octanol–water partition coefficient (Wildman–Crippen LogP) is -0.748. The molecule has 2 fully saturated rings. The van der Waals surface area contributed by atoms with Crippen LogP contribution >= 0.6 is 11.8 Å². The number of thioether (sulfide) groups is 1. The van der Waals surface area contributed by atoms with Crippen LogP contribution < -0.4 is 24.0 Å². The van der Waals surface area contributed by atoms with Gasteiger partial charge in [0.15, 0.2) is 0 Å². The maximum absolute atomic E-state index is 4.24. The smallest absolute Gasteiger partial charge is 0.112 e. The maximum Gasteiger partial charge on any atom is 0.112 e. The minimum Gasteiger partial charge on any atom is -1.00 e. The quantitative estimate of drug-likeness (QED) is 0.419. The first-order chi connectivity index (χ1) is 5.83. The van der Waals surface area contributed by atoms with Crippen molar-refractivity contribution in [3.63, 3.8) is 0 Å². The summed E-state index contributed by atoms with van der Waals surface area (Å²) in [5.41, 5.74) is 1.49. The molecule has 0 amide bonds. The van der Waals surface area contributed by atoms with Crippen LogP contribution in [0.25, 0.3) is 0 Å². The normalized spacial score (nSPS) is 26.9. The highest BCUT2D eigenvalue weighted by Gasteiger charge is 2.35. The van der Waals surface area contributed by atoms with Crippen molar-refractivity contribution in [2.24, 2.45) is 0 Å². The number of rotatable bonds is 0. The van der Waals surface area contributed by atoms with E-state index in [-0.39, 0.29) is 24.0 Å². The van der Waals surface area contributed by atoms with E-state index in [1.807, 2.05) is 0 Å². The molecule has 0 N–H and O–H groups in total. The third-order valence-electron chi connectivity index (χ3n) is 3.28. The largest absolute Gasteiger partial charge is 1.00 e. The molecule has 3 heteroatoms. The summed E-state index contributed by atoms with van der Waals surface area (Å²) in [6.07, 6.45) is 4.29. The summed E-state index contributed by atoms with van der Waals surface area (Å²) in [7, 11) is 0. The molecule has 2 saturated heterocycles. The van der Waals surface area contributed by atoms with E-state index >= 15 is 0 Å². The van der Waals surface area contributed by atoms with Gasteiger partial charge < -0.3 is 24.0 Å². The molecule has 76 valence electrons. The fourth-order valence-corrected chi connectivity index (χ4v) is 3.51. The average Bonchev–Trinajstić information content (AvgIpc) is 2.12. The second-order valence-electron chi connectivity index (χ2n) is 4.00. The van der Waals surface area contributed by atoms with Gasteiger partial charge in [-0.25, -0.2) is 0 Å². The number of halogens is 1. The van der Waals surface area contributed by atoms with Crippen LogP contribution in [0.3, 0.4) is 0 Å². The standard InChI is InChI=1S/C10H18NS.HI/c1-10-9-12-8-7-11(10)5-3-2-4-6-11;/h1-9H2;1H/q+1;/p-1. The first kappa shape index (κ1) is 11.9. The third kappa shape index (κ3) is 2.42. The van der Waals surface area contributed by atoms with Crippen LogP contribution in [0.5, 0.6) is 0 Å². The molecule has 1 spiro atoms. The van der Waals surface area contributed by atoms with Gasteiger partial charge >= 0.3 is 0 Å².